The van der Waals surface area contributed by atoms with E-state index in [1.807, 2.05) is 0 Å². The molecule has 222 valence electrons. The molecule has 0 saturated carbocycles. The maximum atomic E-state index is 13.0. The Morgan fingerprint density at radius 3 is 1.93 bits per heavy atom. The SMILES string of the molecule is CCCCCCCCCCCCCCCC(=O)OCCOC(=O)c1ccccc1Nc1cccc(C(F)(F)F)c1. The van der Waals surface area contributed by atoms with Crippen molar-refractivity contribution >= 4 is 23.3 Å². The number of rotatable bonds is 20. The number of benzene rings is 2. The van der Waals surface area contributed by atoms with E-state index in [0.717, 1.165) is 31.4 Å². The number of carbonyl (C=O) groups excluding carboxylic acids is 2. The molecule has 0 heterocycles. The highest BCUT2D eigenvalue weighted by Gasteiger charge is 2.30. The normalized spacial score (nSPS) is 11.3. The lowest BCUT2D eigenvalue weighted by molar-refractivity contribution is -0.144. The van der Waals surface area contributed by atoms with Crippen molar-refractivity contribution in [1.29, 1.82) is 0 Å². The monoisotopic (exact) mass is 563 g/mol. The van der Waals surface area contributed by atoms with Crippen LogP contribution in [-0.2, 0) is 20.4 Å². The number of esters is 2. The molecule has 5 nitrogen and oxygen atoms in total. The van der Waals surface area contributed by atoms with Gasteiger partial charge in [-0.1, -0.05) is 102 Å². The number of nitrogens with one attached hydrogen (secondary N) is 1. The Bertz CT molecular complexity index is 1010. The maximum absolute atomic E-state index is 13.0. The van der Waals surface area contributed by atoms with Crippen LogP contribution in [0.4, 0.5) is 24.5 Å². The van der Waals surface area contributed by atoms with Crippen LogP contribution in [0.1, 0.15) is 113 Å². The first-order valence-electron chi connectivity index (χ1n) is 14.7. The Balaban J connectivity index is 1.57. The zero-order valence-electron chi connectivity index (χ0n) is 23.7. The number of carbonyl (C=O) groups is 2. The van der Waals surface area contributed by atoms with Crippen LogP contribution < -0.4 is 5.32 Å². The Morgan fingerprint density at radius 2 is 1.30 bits per heavy atom. The van der Waals surface area contributed by atoms with Gasteiger partial charge in [0.05, 0.1) is 16.8 Å². The van der Waals surface area contributed by atoms with Crippen LogP contribution in [0.25, 0.3) is 0 Å². The fourth-order valence-corrected chi connectivity index (χ4v) is 4.43. The molecule has 2 aromatic carbocycles. The number of para-hydroxylation sites is 1. The second-order valence-electron chi connectivity index (χ2n) is 10.1. The number of alkyl halides is 3. The van der Waals surface area contributed by atoms with Crippen LogP contribution in [0.3, 0.4) is 0 Å². The predicted octanol–water partition coefficient (Wildman–Crippen LogP) is 9.63. The van der Waals surface area contributed by atoms with Crippen LogP contribution in [0.15, 0.2) is 48.5 Å². The molecule has 0 aliphatic heterocycles. The van der Waals surface area contributed by atoms with Crippen LogP contribution in [0, 0.1) is 0 Å². The van der Waals surface area contributed by atoms with Crippen molar-refractivity contribution in [3.8, 4) is 0 Å². The Kier molecular flexibility index (Phi) is 15.9. The molecule has 40 heavy (non-hydrogen) atoms. The summed E-state index contributed by atoms with van der Waals surface area (Å²) in [6, 6.07) is 11.1. The van der Waals surface area contributed by atoms with Crippen LogP contribution in [-0.4, -0.2) is 25.2 Å². The molecule has 2 rings (SSSR count). The van der Waals surface area contributed by atoms with E-state index >= 15 is 0 Å². The van der Waals surface area contributed by atoms with Gasteiger partial charge in [-0.3, -0.25) is 4.79 Å². The maximum Gasteiger partial charge on any atom is 0.416 e. The molecular weight excluding hydrogens is 519 g/mol. The van der Waals surface area contributed by atoms with Crippen LogP contribution in [0.5, 0.6) is 0 Å². The van der Waals surface area contributed by atoms with Gasteiger partial charge in [-0.15, -0.1) is 0 Å². The van der Waals surface area contributed by atoms with E-state index in [9.17, 15) is 22.8 Å². The largest absolute Gasteiger partial charge is 0.462 e. The summed E-state index contributed by atoms with van der Waals surface area (Å²) in [5, 5.41) is 2.85. The van der Waals surface area contributed by atoms with E-state index in [2.05, 4.69) is 12.2 Å². The van der Waals surface area contributed by atoms with Crippen molar-refractivity contribution < 1.29 is 32.2 Å². The minimum atomic E-state index is -4.47. The highest BCUT2D eigenvalue weighted by atomic mass is 19.4. The quantitative estimate of drug-likeness (QED) is 0.128. The summed E-state index contributed by atoms with van der Waals surface area (Å²) >= 11 is 0. The molecule has 0 amide bonds. The van der Waals surface area contributed by atoms with E-state index < -0.39 is 17.7 Å². The molecular formula is C32H44F3NO4. The number of halogens is 3. The lowest BCUT2D eigenvalue weighted by atomic mass is 10.0. The number of unbranched alkanes of at least 4 members (excludes halogenated alkanes) is 12. The summed E-state index contributed by atoms with van der Waals surface area (Å²) in [5.41, 5.74) is -0.125. The van der Waals surface area contributed by atoms with Crippen molar-refractivity contribution in [2.24, 2.45) is 0 Å². The molecule has 0 aromatic heterocycles. The Labute approximate surface area is 236 Å². The van der Waals surface area contributed by atoms with Crippen molar-refractivity contribution in [1.82, 2.24) is 0 Å². The lowest BCUT2D eigenvalue weighted by Gasteiger charge is -2.13. The first kappa shape index (κ1) is 33.2. The van der Waals surface area contributed by atoms with Crippen molar-refractivity contribution in [3.63, 3.8) is 0 Å². The summed E-state index contributed by atoms with van der Waals surface area (Å²) in [5.74, 6) is -0.978. The smallest absolute Gasteiger partial charge is 0.416 e. The molecule has 0 radical (unpaired) electrons. The minimum absolute atomic E-state index is 0.0494. The highest BCUT2D eigenvalue weighted by Crippen LogP contribution is 2.32. The first-order valence-corrected chi connectivity index (χ1v) is 14.7. The highest BCUT2D eigenvalue weighted by molar-refractivity contribution is 5.96. The molecule has 0 spiro atoms. The van der Waals surface area contributed by atoms with Gasteiger partial charge in [0.1, 0.15) is 13.2 Å². The number of hydrogen-bond donors (Lipinski definition) is 1. The third-order valence-electron chi connectivity index (χ3n) is 6.68. The fraction of sp³-hybridized carbons (Fsp3) is 0.562. The zero-order valence-corrected chi connectivity index (χ0v) is 23.7. The molecule has 0 atom stereocenters. The predicted molar refractivity (Wildman–Crippen MR) is 153 cm³/mol. The molecule has 1 N–H and O–H groups in total. The van der Waals surface area contributed by atoms with Gasteiger partial charge in [0, 0.05) is 12.1 Å². The van der Waals surface area contributed by atoms with Crippen molar-refractivity contribution in [2.75, 3.05) is 18.5 Å². The van der Waals surface area contributed by atoms with Gasteiger partial charge < -0.3 is 14.8 Å². The summed E-state index contributed by atoms with van der Waals surface area (Å²) in [6.45, 7) is 2.08. The molecule has 0 fully saturated rings. The number of hydrogen-bond acceptors (Lipinski definition) is 5. The van der Waals surface area contributed by atoms with Gasteiger partial charge in [0.15, 0.2) is 0 Å². The minimum Gasteiger partial charge on any atom is -0.462 e. The Morgan fingerprint density at radius 1 is 0.725 bits per heavy atom. The summed E-state index contributed by atoms with van der Waals surface area (Å²) < 4.78 is 49.4. The van der Waals surface area contributed by atoms with Gasteiger partial charge in [0.2, 0.25) is 0 Å². The van der Waals surface area contributed by atoms with Gasteiger partial charge in [-0.2, -0.15) is 13.2 Å². The lowest BCUT2D eigenvalue weighted by Crippen LogP contribution is -2.15. The molecule has 0 saturated heterocycles. The molecule has 0 aliphatic carbocycles. The molecule has 0 aliphatic rings. The van der Waals surface area contributed by atoms with E-state index in [1.54, 1.807) is 18.2 Å². The van der Waals surface area contributed by atoms with E-state index in [0.29, 0.717) is 12.1 Å². The molecule has 0 bridgehead atoms. The van der Waals surface area contributed by atoms with E-state index in [-0.39, 0.29) is 30.4 Å². The van der Waals surface area contributed by atoms with E-state index in [1.165, 1.54) is 82.4 Å². The van der Waals surface area contributed by atoms with Gasteiger partial charge in [-0.05, 0) is 36.8 Å². The molecule has 0 unspecified atom stereocenters. The third-order valence-corrected chi connectivity index (χ3v) is 6.68. The average molecular weight is 564 g/mol. The standard InChI is InChI=1S/C32H44F3NO4/c1-2-3-4-5-6-7-8-9-10-11-12-13-14-22-30(37)39-23-24-40-31(38)28-20-15-16-21-29(28)36-27-19-17-18-26(25-27)32(33,34)35/h15-21,25,36H,2-14,22-24H2,1H3. The number of anilines is 2. The summed E-state index contributed by atoms with van der Waals surface area (Å²) in [6.07, 6.45) is 11.9. The van der Waals surface area contributed by atoms with Crippen LogP contribution in [0.2, 0.25) is 0 Å². The van der Waals surface area contributed by atoms with Gasteiger partial charge in [0.25, 0.3) is 0 Å². The Hall–Kier alpha value is -3.03. The van der Waals surface area contributed by atoms with Crippen molar-refractivity contribution in [2.45, 2.75) is 103 Å². The molecule has 2 aromatic rings. The third kappa shape index (κ3) is 13.9. The van der Waals surface area contributed by atoms with Gasteiger partial charge in [-0.25, -0.2) is 4.79 Å². The van der Waals surface area contributed by atoms with Crippen LogP contribution >= 0.6 is 0 Å². The van der Waals surface area contributed by atoms with Gasteiger partial charge >= 0.3 is 18.1 Å². The topological polar surface area (TPSA) is 64.6 Å². The molecule has 8 heteroatoms. The van der Waals surface area contributed by atoms with E-state index in [4.69, 9.17) is 9.47 Å². The second kappa shape index (κ2) is 19.1. The number of ether oxygens (including phenoxy) is 2. The zero-order chi connectivity index (χ0) is 29.1. The average Bonchev–Trinajstić information content (AvgIpc) is 2.93. The summed E-state index contributed by atoms with van der Waals surface area (Å²) in [7, 11) is 0. The fourth-order valence-electron chi connectivity index (χ4n) is 4.43. The summed E-state index contributed by atoms with van der Waals surface area (Å²) in [4.78, 5) is 24.5. The van der Waals surface area contributed by atoms with Crippen molar-refractivity contribution in [3.05, 3.63) is 59.7 Å². The first-order chi connectivity index (χ1) is 19.3. The second-order valence-corrected chi connectivity index (χ2v) is 10.1.